The third-order valence-corrected chi connectivity index (χ3v) is 9.33. The number of aliphatic hydroxyl groups excluding tert-OH is 2. The zero-order valence-electron chi connectivity index (χ0n) is 29.0. The molecular weight excluding hydrogens is 608 g/mol. The van der Waals surface area contributed by atoms with Crippen LogP contribution in [0.15, 0.2) is 36.0 Å². The highest BCUT2D eigenvalue weighted by Gasteiger charge is 2.47. The van der Waals surface area contributed by atoms with Gasteiger partial charge < -0.3 is 44.5 Å². The molecule has 3 aliphatic heterocycles. The molecule has 2 saturated heterocycles. The molecule has 0 unspecified atom stereocenters. The molecule has 12 heteroatoms. The van der Waals surface area contributed by atoms with Crippen molar-refractivity contribution in [2.45, 2.75) is 128 Å². The van der Waals surface area contributed by atoms with Crippen LogP contribution < -0.4 is 5.32 Å². The lowest BCUT2D eigenvalue weighted by molar-refractivity contribution is -0.168. The second-order valence-corrected chi connectivity index (χ2v) is 13.8. The number of hydrogen-bond acceptors (Lipinski definition) is 11. The Balaban J connectivity index is 1.82. The van der Waals surface area contributed by atoms with Gasteiger partial charge in [-0.15, -0.1) is 0 Å². The highest BCUT2D eigenvalue weighted by molar-refractivity contribution is 5.71. The van der Waals surface area contributed by atoms with Gasteiger partial charge in [0.15, 0.2) is 6.10 Å². The van der Waals surface area contributed by atoms with E-state index in [4.69, 9.17) is 18.9 Å². The lowest BCUT2D eigenvalue weighted by Crippen LogP contribution is -2.51. The first-order chi connectivity index (χ1) is 22.0. The van der Waals surface area contributed by atoms with E-state index >= 15 is 0 Å². The monoisotopic (exact) mass is 664 g/mol. The summed E-state index contributed by atoms with van der Waals surface area (Å²) in [5, 5.41) is 35.1. The largest absolute Gasteiger partial charge is 0.457 e. The number of amides is 1. The SMILES string of the molecule is CC[C@H](O)[C@@H](C)[C@@H]1O[C@H]1C[C@@](C)(O)/C=C/C=C(\C)[C@H]1OC(=O)C[C@H](O)CC[C@@](C)(OC(C)=O)[C@@H](OC(=O)N2CCNCC2)/C=C\[C@@H]1C. The molecule has 4 N–H and O–H groups in total. The Morgan fingerprint density at radius 2 is 1.94 bits per heavy atom. The molecule has 0 aromatic carbocycles. The first kappa shape index (κ1) is 38.7. The van der Waals surface area contributed by atoms with Crippen LogP contribution in [0.3, 0.4) is 0 Å². The molecule has 12 nitrogen and oxygen atoms in total. The first-order valence-electron chi connectivity index (χ1n) is 16.9. The minimum atomic E-state index is -1.30. The maximum Gasteiger partial charge on any atom is 0.410 e. The van der Waals surface area contributed by atoms with Gasteiger partial charge in [0.2, 0.25) is 0 Å². The van der Waals surface area contributed by atoms with Crippen LogP contribution in [0.2, 0.25) is 0 Å². The molecular formula is C35H56N2O10. The first-order valence-corrected chi connectivity index (χ1v) is 16.9. The molecule has 0 aliphatic carbocycles. The van der Waals surface area contributed by atoms with Crippen molar-refractivity contribution in [3.8, 4) is 0 Å². The molecule has 0 aromatic heterocycles. The van der Waals surface area contributed by atoms with Gasteiger partial charge in [-0.05, 0) is 51.7 Å². The van der Waals surface area contributed by atoms with Gasteiger partial charge in [-0.25, -0.2) is 4.79 Å². The molecule has 0 spiro atoms. The summed E-state index contributed by atoms with van der Waals surface area (Å²) in [5.41, 5.74) is -1.79. The zero-order valence-corrected chi connectivity index (χ0v) is 29.0. The van der Waals surface area contributed by atoms with Crippen molar-refractivity contribution in [1.29, 1.82) is 0 Å². The van der Waals surface area contributed by atoms with E-state index < -0.39 is 59.6 Å². The topological polar surface area (TPSA) is 167 Å². The van der Waals surface area contributed by atoms with Crippen LogP contribution in [0.5, 0.6) is 0 Å². The van der Waals surface area contributed by atoms with Crippen molar-refractivity contribution in [2.24, 2.45) is 11.8 Å². The van der Waals surface area contributed by atoms with Gasteiger partial charge in [0, 0.05) is 51.4 Å². The molecule has 0 radical (unpaired) electrons. The second kappa shape index (κ2) is 17.1. The van der Waals surface area contributed by atoms with Crippen molar-refractivity contribution >= 4 is 18.0 Å². The van der Waals surface area contributed by atoms with Crippen molar-refractivity contribution in [3.05, 3.63) is 36.0 Å². The minimum Gasteiger partial charge on any atom is -0.457 e. The van der Waals surface area contributed by atoms with Crippen LogP contribution in [-0.4, -0.2) is 112 Å². The van der Waals surface area contributed by atoms with E-state index in [2.05, 4.69) is 5.32 Å². The Morgan fingerprint density at radius 1 is 1.26 bits per heavy atom. The summed E-state index contributed by atoms with van der Waals surface area (Å²) in [6, 6.07) is 0. The lowest BCUT2D eigenvalue weighted by atomic mass is 9.88. The maximum atomic E-state index is 13.2. The molecule has 3 heterocycles. The average Bonchev–Trinajstić information content (AvgIpc) is 3.77. The summed E-state index contributed by atoms with van der Waals surface area (Å²) in [7, 11) is 0. The minimum absolute atomic E-state index is 0.0205. The van der Waals surface area contributed by atoms with Gasteiger partial charge in [0.05, 0.1) is 36.4 Å². The number of ether oxygens (including phenoxy) is 4. The maximum absolute atomic E-state index is 13.2. The number of aliphatic hydroxyl groups is 3. The van der Waals surface area contributed by atoms with E-state index in [0.717, 1.165) is 0 Å². The number of rotatable bonds is 10. The fourth-order valence-corrected chi connectivity index (χ4v) is 6.26. The summed E-state index contributed by atoms with van der Waals surface area (Å²) in [4.78, 5) is 39.9. The summed E-state index contributed by atoms with van der Waals surface area (Å²) in [5.74, 6) is -1.57. The predicted molar refractivity (Wildman–Crippen MR) is 175 cm³/mol. The number of allylic oxidation sites excluding steroid dienone is 2. The predicted octanol–water partition coefficient (Wildman–Crippen LogP) is 3.19. The Kier molecular flexibility index (Phi) is 14.0. The highest BCUT2D eigenvalue weighted by atomic mass is 16.6. The highest BCUT2D eigenvalue weighted by Crippen LogP contribution is 2.37. The van der Waals surface area contributed by atoms with Gasteiger partial charge in [-0.3, -0.25) is 9.59 Å². The Labute approximate surface area is 279 Å². The van der Waals surface area contributed by atoms with E-state index in [9.17, 15) is 29.7 Å². The van der Waals surface area contributed by atoms with E-state index in [0.29, 0.717) is 44.6 Å². The number of carbonyl (C=O) groups is 3. The number of epoxide rings is 1. The van der Waals surface area contributed by atoms with Crippen LogP contribution in [0.1, 0.15) is 80.6 Å². The van der Waals surface area contributed by atoms with Crippen LogP contribution >= 0.6 is 0 Å². The third kappa shape index (κ3) is 11.7. The van der Waals surface area contributed by atoms with Gasteiger partial charge in [0.25, 0.3) is 0 Å². The quantitative estimate of drug-likeness (QED) is 0.0891. The van der Waals surface area contributed by atoms with Crippen LogP contribution in [0.4, 0.5) is 4.79 Å². The Morgan fingerprint density at radius 3 is 2.57 bits per heavy atom. The van der Waals surface area contributed by atoms with Crippen molar-refractivity contribution in [1.82, 2.24) is 10.2 Å². The van der Waals surface area contributed by atoms with Crippen molar-refractivity contribution in [3.63, 3.8) is 0 Å². The smallest absolute Gasteiger partial charge is 0.410 e. The standard InChI is InChI=1S/C35H56N2O10/c1-8-27(40)24(4)32-28(44-32)21-34(6,43)14-9-10-22(2)31-23(3)11-12-29(45-33(42)37-18-16-36-17-19-37)35(7,47-25(5)38)15-13-26(39)20-30(41)46-31/h9-12,14,23-24,26-29,31-32,36,39-40,43H,8,13,15-21H2,1-7H3/b12-11-,14-9+,22-10+/t23-,24+,26+,27-,28-,29-,31+,32-,34-,35+/m0/s1. The van der Waals surface area contributed by atoms with Crippen LogP contribution in [-0.2, 0) is 28.5 Å². The molecule has 47 heavy (non-hydrogen) atoms. The van der Waals surface area contributed by atoms with Gasteiger partial charge in [-0.1, -0.05) is 45.1 Å². The molecule has 3 aliphatic rings. The number of hydrogen-bond donors (Lipinski definition) is 4. The average molecular weight is 665 g/mol. The normalized spacial score (nSPS) is 34.2. The van der Waals surface area contributed by atoms with Crippen molar-refractivity contribution < 1.29 is 48.7 Å². The summed E-state index contributed by atoms with van der Waals surface area (Å²) in [6.07, 6.45) is 5.54. The molecule has 0 saturated carbocycles. The second-order valence-electron chi connectivity index (χ2n) is 13.8. The fourth-order valence-electron chi connectivity index (χ4n) is 6.26. The zero-order chi connectivity index (χ0) is 34.9. The lowest BCUT2D eigenvalue weighted by Gasteiger charge is -2.37. The van der Waals surface area contributed by atoms with Gasteiger partial charge in [-0.2, -0.15) is 0 Å². The van der Waals surface area contributed by atoms with Gasteiger partial charge >= 0.3 is 18.0 Å². The van der Waals surface area contributed by atoms with Crippen molar-refractivity contribution in [2.75, 3.05) is 26.2 Å². The number of nitrogens with zero attached hydrogens (tertiary/aromatic N) is 1. The molecule has 266 valence electrons. The number of cyclic esters (lactones) is 1. The fraction of sp³-hybridized carbons (Fsp3) is 0.743. The van der Waals surface area contributed by atoms with E-state index in [1.807, 2.05) is 27.7 Å². The summed E-state index contributed by atoms with van der Waals surface area (Å²) in [6.45, 7) is 14.4. The van der Waals surface area contributed by atoms with Gasteiger partial charge in [0.1, 0.15) is 11.7 Å². The molecule has 0 aromatic rings. The number of carbonyl (C=O) groups excluding carboxylic acids is 3. The number of piperazine rings is 1. The molecule has 10 atom stereocenters. The number of nitrogens with one attached hydrogen (secondary N) is 1. The molecule has 0 bridgehead atoms. The van der Waals surface area contributed by atoms with E-state index in [-0.39, 0.29) is 37.4 Å². The summed E-state index contributed by atoms with van der Waals surface area (Å²) >= 11 is 0. The van der Waals surface area contributed by atoms with E-state index in [1.54, 1.807) is 49.1 Å². The molecule has 1 amide bonds. The van der Waals surface area contributed by atoms with Crippen LogP contribution in [0, 0.1) is 11.8 Å². The summed E-state index contributed by atoms with van der Waals surface area (Å²) < 4.78 is 23.3. The Hall–Kier alpha value is -2.77. The van der Waals surface area contributed by atoms with Crippen LogP contribution in [0.25, 0.3) is 0 Å². The molecule has 2 fully saturated rings. The Bertz CT molecular complexity index is 1160. The number of esters is 2. The molecule has 3 rings (SSSR count). The van der Waals surface area contributed by atoms with E-state index in [1.165, 1.54) is 6.92 Å². The third-order valence-electron chi connectivity index (χ3n) is 9.33.